The SMILES string of the molecule is CC(C)C(C)NC(=O)COc1c(Cl)cc(Cl)cc1C=O. The quantitative estimate of drug-likeness (QED) is 0.819. The lowest BCUT2D eigenvalue weighted by Crippen LogP contribution is -2.39. The summed E-state index contributed by atoms with van der Waals surface area (Å²) in [5.74, 6) is 0.219. The maximum atomic E-state index is 11.7. The van der Waals surface area contributed by atoms with Crippen molar-refractivity contribution >= 4 is 35.4 Å². The number of carbonyl (C=O) groups is 2. The fourth-order valence-electron chi connectivity index (χ4n) is 1.42. The Hall–Kier alpha value is -1.26. The lowest BCUT2D eigenvalue weighted by molar-refractivity contribution is -0.124. The van der Waals surface area contributed by atoms with Gasteiger partial charge in [-0.1, -0.05) is 37.0 Å². The first-order chi connectivity index (χ1) is 9.35. The van der Waals surface area contributed by atoms with E-state index in [0.29, 0.717) is 17.2 Å². The van der Waals surface area contributed by atoms with Crippen molar-refractivity contribution in [3.63, 3.8) is 0 Å². The second kappa shape index (κ2) is 7.50. The van der Waals surface area contributed by atoms with Gasteiger partial charge in [0.15, 0.2) is 12.9 Å². The smallest absolute Gasteiger partial charge is 0.258 e. The molecule has 1 N–H and O–H groups in total. The molecule has 1 aromatic carbocycles. The van der Waals surface area contributed by atoms with Crippen LogP contribution in [-0.2, 0) is 4.79 Å². The summed E-state index contributed by atoms with van der Waals surface area (Å²) in [6.45, 7) is 5.71. The van der Waals surface area contributed by atoms with Crippen molar-refractivity contribution in [1.82, 2.24) is 5.32 Å². The molecule has 1 atom stereocenters. The van der Waals surface area contributed by atoms with Gasteiger partial charge >= 0.3 is 0 Å². The molecule has 110 valence electrons. The van der Waals surface area contributed by atoms with Crippen LogP contribution in [0, 0.1) is 5.92 Å². The van der Waals surface area contributed by atoms with Crippen LogP contribution in [-0.4, -0.2) is 24.8 Å². The number of hydrogen-bond acceptors (Lipinski definition) is 3. The Morgan fingerprint density at radius 3 is 2.55 bits per heavy atom. The van der Waals surface area contributed by atoms with Crippen molar-refractivity contribution < 1.29 is 14.3 Å². The van der Waals surface area contributed by atoms with Crippen molar-refractivity contribution in [2.75, 3.05) is 6.61 Å². The number of carbonyl (C=O) groups excluding carboxylic acids is 2. The minimum atomic E-state index is -0.269. The second-order valence-corrected chi connectivity index (χ2v) is 5.66. The Labute approximate surface area is 128 Å². The van der Waals surface area contributed by atoms with Gasteiger partial charge < -0.3 is 10.1 Å². The molecule has 0 aliphatic heterocycles. The average molecular weight is 318 g/mol. The lowest BCUT2D eigenvalue weighted by Gasteiger charge is -2.18. The Bertz CT molecular complexity index is 503. The Balaban J connectivity index is 2.71. The number of benzene rings is 1. The Kier molecular flexibility index (Phi) is 6.30. The van der Waals surface area contributed by atoms with Crippen LogP contribution < -0.4 is 10.1 Å². The molecule has 1 rings (SSSR count). The molecule has 0 radical (unpaired) electrons. The predicted molar refractivity (Wildman–Crippen MR) is 79.8 cm³/mol. The van der Waals surface area contributed by atoms with Gasteiger partial charge in [0, 0.05) is 11.1 Å². The lowest BCUT2D eigenvalue weighted by atomic mass is 10.1. The number of amides is 1. The van der Waals surface area contributed by atoms with Crippen LogP contribution in [0.15, 0.2) is 12.1 Å². The zero-order valence-corrected chi connectivity index (χ0v) is 13.1. The highest BCUT2D eigenvalue weighted by Crippen LogP contribution is 2.31. The van der Waals surface area contributed by atoms with Crippen LogP contribution in [0.3, 0.4) is 0 Å². The molecule has 0 aliphatic carbocycles. The van der Waals surface area contributed by atoms with Crippen LogP contribution >= 0.6 is 23.2 Å². The van der Waals surface area contributed by atoms with Gasteiger partial charge in [0.1, 0.15) is 5.75 Å². The molecule has 0 saturated heterocycles. The topological polar surface area (TPSA) is 55.4 Å². The highest BCUT2D eigenvalue weighted by atomic mass is 35.5. The molecule has 1 unspecified atom stereocenters. The molecule has 1 aromatic rings. The molecule has 6 heteroatoms. The molecule has 0 fully saturated rings. The fourth-order valence-corrected chi connectivity index (χ4v) is 1.98. The highest BCUT2D eigenvalue weighted by molar-refractivity contribution is 6.36. The zero-order chi connectivity index (χ0) is 15.3. The van der Waals surface area contributed by atoms with Gasteiger partial charge in [-0.3, -0.25) is 9.59 Å². The number of ether oxygens (including phenoxy) is 1. The van der Waals surface area contributed by atoms with Gasteiger partial charge in [-0.2, -0.15) is 0 Å². The van der Waals surface area contributed by atoms with Crippen LogP contribution in [0.4, 0.5) is 0 Å². The summed E-state index contributed by atoms with van der Waals surface area (Å²) in [7, 11) is 0. The molecule has 20 heavy (non-hydrogen) atoms. The number of halogens is 2. The molecular formula is C14H17Cl2NO3. The van der Waals surface area contributed by atoms with Crippen LogP contribution in [0.1, 0.15) is 31.1 Å². The van der Waals surface area contributed by atoms with E-state index >= 15 is 0 Å². The summed E-state index contributed by atoms with van der Waals surface area (Å²) in [6, 6.07) is 2.93. The summed E-state index contributed by atoms with van der Waals surface area (Å²) in [6.07, 6.45) is 0.585. The van der Waals surface area contributed by atoms with E-state index in [1.807, 2.05) is 20.8 Å². The van der Waals surface area contributed by atoms with E-state index in [2.05, 4.69) is 5.32 Å². The van der Waals surface area contributed by atoms with Crippen LogP contribution in [0.5, 0.6) is 5.75 Å². The number of nitrogens with one attached hydrogen (secondary N) is 1. The van der Waals surface area contributed by atoms with E-state index in [1.54, 1.807) is 0 Å². The first-order valence-electron chi connectivity index (χ1n) is 6.21. The van der Waals surface area contributed by atoms with E-state index < -0.39 is 0 Å². The highest BCUT2D eigenvalue weighted by Gasteiger charge is 2.14. The Morgan fingerprint density at radius 1 is 1.35 bits per heavy atom. The number of aldehydes is 1. The van der Waals surface area contributed by atoms with Crippen LogP contribution in [0.25, 0.3) is 0 Å². The van der Waals surface area contributed by atoms with Gasteiger partial charge in [-0.25, -0.2) is 0 Å². The standard InChI is InChI=1S/C14H17Cl2NO3/c1-8(2)9(3)17-13(19)7-20-14-10(6-18)4-11(15)5-12(14)16/h4-6,8-9H,7H2,1-3H3,(H,17,19). The number of hydrogen-bond donors (Lipinski definition) is 1. The second-order valence-electron chi connectivity index (χ2n) is 4.81. The molecule has 4 nitrogen and oxygen atoms in total. The van der Waals surface area contributed by atoms with Crippen molar-refractivity contribution in [3.8, 4) is 5.75 Å². The Morgan fingerprint density at radius 2 is 2.00 bits per heavy atom. The van der Waals surface area contributed by atoms with Crippen LogP contribution in [0.2, 0.25) is 10.0 Å². The van der Waals surface area contributed by atoms with Crippen molar-refractivity contribution in [2.24, 2.45) is 5.92 Å². The zero-order valence-electron chi connectivity index (χ0n) is 11.6. The molecular weight excluding hydrogens is 301 g/mol. The third-order valence-electron chi connectivity index (χ3n) is 2.90. The van der Waals surface area contributed by atoms with Gasteiger partial charge in [0.25, 0.3) is 5.91 Å². The summed E-state index contributed by atoms with van der Waals surface area (Å²) >= 11 is 11.7. The molecule has 1 amide bonds. The van der Waals surface area contributed by atoms with Crippen molar-refractivity contribution in [3.05, 3.63) is 27.7 Å². The van der Waals surface area contributed by atoms with E-state index in [9.17, 15) is 9.59 Å². The summed E-state index contributed by atoms with van der Waals surface area (Å²) in [5, 5.41) is 3.33. The molecule has 0 saturated carbocycles. The number of rotatable bonds is 6. The molecule has 0 aromatic heterocycles. The normalized spacial score (nSPS) is 12.1. The average Bonchev–Trinajstić information content (AvgIpc) is 2.36. The third-order valence-corrected chi connectivity index (χ3v) is 3.40. The maximum Gasteiger partial charge on any atom is 0.258 e. The van der Waals surface area contributed by atoms with Crippen molar-refractivity contribution in [1.29, 1.82) is 0 Å². The fraction of sp³-hybridized carbons (Fsp3) is 0.429. The minimum Gasteiger partial charge on any atom is -0.481 e. The maximum absolute atomic E-state index is 11.7. The minimum absolute atomic E-state index is 0.0392. The summed E-state index contributed by atoms with van der Waals surface area (Å²) in [4.78, 5) is 22.7. The largest absolute Gasteiger partial charge is 0.481 e. The monoisotopic (exact) mass is 317 g/mol. The molecule has 0 spiro atoms. The van der Waals surface area contributed by atoms with Crippen molar-refractivity contribution in [2.45, 2.75) is 26.8 Å². The van der Waals surface area contributed by atoms with E-state index in [-0.39, 0.29) is 34.9 Å². The predicted octanol–water partition coefficient (Wildman–Crippen LogP) is 3.35. The van der Waals surface area contributed by atoms with E-state index in [1.165, 1.54) is 12.1 Å². The first-order valence-corrected chi connectivity index (χ1v) is 6.97. The molecule has 0 bridgehead atoms. The third kappa shape index (κ3) is 4.69. The van der Waals surface area contributed by atoms with E-state index in [4.69, 9.17) is 27.9 Å². The van der Waals surface area contributed by atoms with Gasteiger partial charge in [0.2, 0.25) is 0 Å². The van der Waals surface area contributed by atoms with Gasteiger partial charge in [-0.15, -0.1) is 0 Å². The first kappa shape index (κ1) is 16.8. The van der Waals surface area contributed by atoms with E-state index in [0.717, 1.165) is 0 Å². The van der Waals surface area contributed by atoms with Gasteiger partial charge in [0.05, 0.1) is 10.6 Å². The summed E-state index contributed by atoms with van der Waals surface area (Å²) < 4.78 is 5.32. The molecule has 0 aliphatic rings. The van der Waals surface area contributed by atoms with Gasteiger partial charge in [-0.05, 0) is 25.0 Å². The summed E-state index contributed by atoms with van der Waals surface area (Å²) in [5.41, 5.74) is 0.215. The molecule has 0 heterocycles.